The number of aliphatic carboxylic acids is 1. The molecule has 18 heavy (non-hydrogen) atoms. The van der Waals surface area contributed by atoms with Crippen molar-refractivity contribution in [3.63, 3.8) is 0 Å². The molecular weight excluding hydrogens is 234 g/mol. The molecule has 0 spiro atoms. The lowest BCUT2D eigenvalue weighted by Crippen LogP contribution is -2.40. The Kier molecular flexibility index (Phi) is 9.00. The summed E-state index contributed by atoms with van der Waals surface area (Å²) in [5.41, 5.74) is 0. The third-order valence-electron chi connectivity index (χ3n) is 2.85. The van der Waals surface area contributed by atoms with E-state index in [1.807, 2.05) is 14.0 Å². The molecule has 0 aliphatic heterocycles. The summed E-state index contributed by atoms with van der Waals surface area (Å²) in [6.07, 6.45) is 1.74. The van der Waals surface area contributed by atoms with Crippen molar-refractivity contribution >= 4 is 12.0 Å². The van der Waals surface area contributed by atoms with Gasteiger partial charge in [0.15, 0.2) is 0 Å². The van der Waals surface area contributed by atoms with Crippen molar-refractivity contribution in [2.45, 2.75) is 26.2 Å². The zero-order chi connectivity index (χ0) is 14.0. The summed E-state index contributed by atoms with van der Waals surface area (Å²) in [5, 5.41) is 14.5. The molecular formula is C12H25N3O3. The van der Waals surface area contributed by atoms with Gasteiger partial charge in [-0.2, -0.15) is 0 Å². The third kappa shape index (κ3) is 7.89. The van der Waals surface area contributed by atoms with Crippen LogP contribution in [0, 0.1) is 5.92 Å². The van der Waals surface area contributed by atoms with Crippen LogP contribution in [-0.2, 0) is 4.79 Å². The van der Waals surface area contributed by atoms with Gasteiger partial charge in [-0.1, -0.05) is 13.3 Å². The van der Waals surface area contributed by atoms with E-state index in [4.69, 9.17) is 5.11 Å². The van der Waals surface area contributed by atoms with E-state index in [-0.39, 0.29) is 18.4 Å². The third-order valence-corrected chi connectivity index (χ3v) is 2.85. The van der Waals surface area contributed by atoms with Gasteiger partial charge in [-0.3, -0.25) is 4.79 Å². The molecule has 0 aliphatic carbocycles. The Labute approximate surface area is 109 Å². The minimum Gasteiger partial charge on any atom is -0.481 e. The second-order valence-corrected chi connectivity index (χ2v) is 4.44. The van der Waals surface area contributed by atoms with Crippen LogP contribution < -0.4 is 10.6 Å². The van der Waals surface area contributed by atoms with Crippen LogP contribution in [-0.4, -0.2) is 55.7 Å². The van der Waals surface area contributed by atoms with Crippen molar-refractivity contribution in [2.75, 3.05) is 33.7 Å². The van der Waals surface area contributed by atoms with Crippen molar-refractivity contribution in [3.05, 3.63) is 0 Å². The predicted octanol–water partition coefficient (Wildman–Crippen LogP) is 0.738. The molecule has 0 bridgehead atoms. The van der Waals surface area contributed by atoms with Crippen LogP contribution in [0.2, 0.25) is 0 Å². The maximum absolute atomic E-state index is 11.7. The van der Waals surface area contributed by atoms with E-state index < -0.39 is 5.97 Å². The smallest absolute Gasteiger partial charge is 0.317 e. The summed E-state index contributed by atoms with van der Waals surface area (Å²) in [5.74, 6) is -0.823. The minimum atomic E-state index is -0.821. The molecule has 0 aromatic carbocycles. The highest BCUT2D eigenvalue weighted by Gasteiger charge is 2.14. The van der Waals surface area contributed by atoms with Gasteiger partial charge in [0.05, 0.1) is 0 Å². The Bertz CT molecular complexity index is 259. The normalized spacial score (nSPS) is 11.9. The van der Waals surface area contributed by atoms with Crippen LogP contribution in [0.25, 0.3) is 0 Å². The fourth-order valence-electron chi connectivity index (χ4n) is 1.57. The number of carboxylic acids is 1. The molecule has 0 saturated heterocycles. The molecule has 0 saturated carbocycles. The molecule has 1 atom stereocenters. The molecule has 6 heteroatoms. The zero-order valence-corrected chi connectivity index (χ0v) is 11.5. The number of hydrogen-bond donors (Lipinski definition) is 3. The number of carboxylic acid groups (broad SMARTS) is 1. The number of amides is 2. The van der Waals surface area contributed by atoms with Crippen LogP contribution in [0.1, 0.15) is 26.2 Å². The van der Waals surface area contributed by atoms with Gasteiger partial charge in [0.25, 0.3) is 0 Å². The fraction of sp³-hybridized carbons (Fsp3) is 0.833. The number of rotatable bonds is 9. The van der Waals surface area contributed by atoms with Crippen LogP contribution in [0.3, 0.4) is 0 Å². The molecule has 0 fully saturated rings. The Morgan fingerprint density at radius 1 is 1.39 bits per heavy atom. The monoisotopic (exact) mass is 259 g/mol. The lowest BCUT2D eigenvalue weighted by atomic mass is 10.0. The van der Waals surface area contributed by atoms with E-state index in [0.717, 1.165) is 19.4 Å². The van der Waals surface area contributed by atoms with E-state index >= 15 is 0 Å². The highest BCUT2D eigenvalue weighted by molar-refractivity contribution is 5.74. The van der Waals surface area contributed by atoms with Gasteiger partial charge in [-0.25, -0.2) is 4.79 Å². The first-order valence-electron chi connectivity index (χ1n) is 6.36. The lowest BCUT2D eigenvalue weighted by Gasteiger charge is -2.20. The van der Waals surface area contributed by atoms with E-state index in [2.05, 4.69) is 10.6 Å². The molecule has 0 heterocycles. The topological polar surface area (TPSA) is 81.7 Å². The Hall–Kier alpha value is -1.30. The van der Waals surface area contributed by atoms with Crippen molar-refractivity contribution in [1.82, 2.24) is 15.5 Å². The van der Waals surface area contributed by atoms with E-state index in [0.29, 0.717) is 13.1 Å². The first-order chi connectivity index (χ1) is 8.51. The standard InChI is InChI=1S/C12H25N3O3/c1-4-10(8-11(16)17)9-14-12(18)15(3)7-5-6-13-2/h10,13H,4-9H2,1-3H3,(H,14,18)(H,16,17). The molecule has 0 aliphatic rings. The second-order valence-electron chi connectivity index (χ2n) is 4.44. The van der Waals surface area contributed by atoms with Crippen LogP contribution in [0.15, 0.2) is 0 Å². The average molecular weight is 259 g/mol. The summed E-state index contributed by atoms with van der Waals surface area (Å²) in [7, 11) is 3.61. The van der Waals surface area contributed by atoms with Gasteiger partial charge in [-0.05, 0) is 25.9 Å². The molecule has 1 unspecified atom stereocenters. The fourth-order valence-corrected chi connectivity index (χ4v) is 1.57. The van der Waals surface area contributed by atoms with Crippen LogP contribution >= 0.6 is 0 Å². The second kappa shape index (κ2) is 9.70. The van der Waals surface area contributed by atoms with Crippen molar-refractivity contribution in [2.24, 2.45) is 5.92 Å². The lowest BCUT2D eigenvalue weighted by molar-refractivity contribution is -0.138. The number of urea groups is 1. The number of hydrogen-bond acceptors (Lipinski definition) is 3. The molecule has 0 aromatic rings. The number of nitrogens with one attached hydrogen (secondary N) is 2. The summed E-state index contributed by atoms with van der Waals surface area (Å²) < 4.78 is 0. The minimum absolute atomic E-state index is 0.00263. The zero-order valence-electron chi connectivity index (χ0n) is 11.5. The molecule has 0 rings (SSSR count). The van der Waals surface area contributed by atoms with Crippen LogP contribution in [0.5, 0.6) is 0 Å². The van der Waals surface area contributed by atoms with E-state index in [9.17, 15) is 9.59 Å². The Morgan fingerprint density at radius 3 is 2.56 bits per heavy atom. The summed E-state index contributed by atoms with van der Waals surface area (Å²) >= 11 is 0. The van der Waals surface area contributed by atoms with E-state index in [1.165, 1.54) is 0 Å². The molecule has 6 nitrogen and oxygen atoms in total. The molecule has 2 amide bonds. The van der Waals surface area contributed by atoms with Gasteiger partial charge >= 0.3 is 12.0 Å². The maximum atomic E-state index is 11.7. The Balaban J connectivity index is 3.88. The van der Waals surface area contributed by atoms with Crippen molar-refractivity contribution in [1.29, 1.82) is 0 Å². The van der Waals surface area contributed by atoms with Crippen molar-refractivity contribution in [3.8, 4) is 0 Å². The number of carbonyl (C=O) groups excluding carboxylic acids is 1. The van der Waals surface area contributed by atoms with Gasteiger partial charge < -0.3 is 20.6 Å². The molecule has 0 radical (unpaired) electrons. The van der Waals surface area contributed by atoms with Gasteiger partial charge in [0.1, 0.15) is 0 Å². The predicted molar refractivity (Wildman–Crippen MR) is 70.6 cm³/mol. The first kappa shape index (κ1) is 16.7. The van der Waals surface area contributed by atoms with Gasteiger partial charge in [-0.15, -0.1) is 0 Å². The average Bonchev–Trinajstić information content (AvgIpc) is 2.33. The highest BCUT2D eigenvalue weighted by Crippen LogP contribution is 2.06. The van der Waals surface area contributed by atoms with Gasteiger partial charge in [0, 0.05) is 26.6 Å². The molecule has 0 aromatic heterocycles. The van der Waals surface area contributed by atoms with E-state index in [1.54, 1.807) is 11.9 Å². The Morgan fingerprint density at radius 2 is 2.06 bits per heavy atom. The first-order valence-corrected chi connectivity index (χ1v) is 6.36. The maximum Gasteiger partial charge on any atom is 0.317 e. The number of nitrogens with zero attached hydrogens (tertiary/aromatic N) is 1. The summed E-state index contributed by atoms with van der Waals surface area (Å²) in [6.45, 7) is 3.89. The highest BCUT2D eigenvalue weighted by atomic mass is 16.4. The molecule has 3 N–H and O–H groups in total. The summed E-state index contributed by atoms with van der Waals surface area (Å²) in [4.78, 5) is 23.9. The van der Waals surface area contributed by atoms with Gasteiger partial charge in [0.2, 0.25) is 0 Å². The largest absolute Gasteiger partial charge is 0.481 e. The quantitative estimate of drug-likeness (QED) is 0.533. The van der Waals surface area contributed by atoms with Crippen LogP contribution in [0.4, 0.5) is 4.79 Å². The van der Waals surface area contributed by atoms with Crippen molar-refractivity contribution < 1.29 is 14.7 Å². The summed E-state index contributed by atoms with van der Waals surface area (Å²) in [6, 6.07) is -0.144. The number of carbonyl (C=O) groups is 2. The SMILES string of the molecule is CCC(CNC(=O)N(C)CCCNC)CC(=O)O. The molecule has 106 valence electrons.